The van der Waals surface area contributed by atoms with Gasteiger partial charge in [-0.2, -0.15) is 0 Å². The van der Waals surface area contributed by atoms with Gasteiger partial charge in [-0.3, -0.25) is 9.59 Å². The molecular weight excluding hydrogens is 371 g/mol. The molecule has 0 atom stereocenters. The Bertz CT molecular complexity index is 1030. The van der Waals surface area contributed by atoms with Crippen molar-refractivity contribution in [1.82, 2.24) is 0 Å². The highest BCUT2D eigenvalue weighted by Crippen LogP contribution is 2.24. The highest BCUT2D eigenvalue weighted by molar-refractivity contribution is 6.06. The standard InChI is InChI=1S/C23H21FN2O3/c1-15-7-12-19(13-21(15)25-16(2)27)26-23(28)20-5-3-4-6-22(20)29-14-17-8-10-18(24)11-9-17/h3-13H,14H2,1-2H3,(H,25,27)(H,26,28). The summed E-state index contributed by atoms with van der Waals surface area (Å²) in [7, 11) is 0. The minimum atomic E-state index is -0.336. The van der Waals surface area contributed by atoms with Gasteiger partial charge in [0.1, 0.15) is 18.2 Å². The molecule has 6 heteroatoms. The summed E-state index contributed by atoms with van der Waals surface area (Å²) in [5.74, 6) is -0.415. The van der Waals surface area contributed by atoms with Gasteiger partial charge in [0.25, 0.3) is 5.91 Å². The molecule has 5 nitrogen and oxygen atoms in total. The molecule has 0 aromatic heterocycles. The molecule has 0 bridgehead atoms. The average Bonchev–Trinajstić information content (AvgIpc) is 2.70. The highest BCUT2D eigenvalue weighted by Gasteiger charge is 2.13. The van der Waals surface area contributed by atoms with Crippen molar-refractivity contribution in [2.45, 2.75) is 20.5 Å². The van der Waals surface area contributed by atoms with Crippen LogP contribution in [0.2, 0.25) is 0 Å². The van der Waals surface area contributed by atoms with Gasteiger partial charge in [0.2, 0.25) is 5.91 Å². The van der Waals surface area contributed by atoms with E-state index in [2.05, 4.69) is 10.6 Å². The van der Waals surface area contributed by atoms with E-state index in [1.54, 1.807) is 48.5 Å². The smallest absolute Gasteiger partial charge is 0.259 e. The lowest BCUT2D eigenvalue weighted by Crippen LogP contribution is -2.14. The maximum atomic E-state index is 13.0. The number of halogens is 1. The number of amides is 2. The van der Waals surface area contributed by atoms with Crippen LogP contribution in [0.25, 0.3) is 0 Å². The predicted octanol–water partition coefficient (Wildman–Crippen LogP) is 4.92. The number of nitrogens with one attached hydrogen (secondary N) is 2. The summed E-state index contributed by atoms with van der Waals surface area (Å²) in [6, 6.07) is 18.2. The van der Waals surface area contributed by atoms with Gasteiger partial charge in [-0.1, -0.05) is 30.3 Å². The van der Waals surface area contributed by atoms with Crippen molar-refractivity contribution in [3.63, 3.8) is 0 Å². The first-order valence-corrected chi connectivity index (χ1v) is 9.08. The molecule has 0 spiro atoms. The summed E-state index contributed by atoms with van der Waals surface area (Å²) in [6.45, 7) is 3.51. The van der Waals surface area contributed by atoms with Crippen LogP contribution in [0.1, 0.15) is 28.4 Å². The molecule has 0 aliphatic heterocycles. The summed E-state index contributed by atoms with van der Waals surface area (Å²) >= 11 is 0. The van der Waals surface area contributed by atoms with E-state index in [4.69, 9.17) is 4.74 Å². The van der Waals surface area contributed by atoms with Gasteiger partial charge < -0.3 is 15.4 Å². The quantitative estimate of drug-likeness (QED) is 0.625. The fraction of sp³-hybridized carbons (Fsp3) is 0.130. The SMILES string of the molecule is CC(=O)Nc1cc(NC(=O)c2ccccc2OCc2ccc(F)cc2)ccc1C. The lowest BCUT2D eigenvalue weighted by atomic mass is 10.1. The van der Waals surface area contributed by atoms with E-state index in [9.17, 15) is 14.0 Å². The molecule has 0 saturated carbocycles. The summed E-state index contributed by atoms with van der Waals surface area (Å²) < 4.78 is 18.8. The van der Waals surface area contributed by atoms with Crippen LogP contribution in [0, 0.1) is 12.7 Å². The molecule has 3 rings (SSSR count). The number of ether oxygens (including phenoxy) is 1. The Balaban J connectivity index is 1.74. The van der Waals surface area contributed by atoms with Crippen molar-refractivity contribution in [3.05, 3.63) is 89.2 Å². The zero-order valence-corrected chi connectivity index (χ0v) is 16.2. The minimum absolute atomic E-state index is 0.184. The summed E-state index contributed by atoms with van der Waals surface area (Å²) in [4.78, 5) is 24.1. The van der Waals surface area contributed by atoms with E-state index < -0.39 is 0 Å². The van der Waals surface area contributed by atoms with Crippen LogP contribution in [0.5, 0.6) is 5.75 Å². The molecule has 0 unspecified atom stereocenters. The van der Waals surface area contributed by atoms with Gasteiger partial charge in [0.15, 0.2) is 0 Å². The minimum Gasteiger partial charge on any atom is -0.488 e. The first-order valence-electron chi connectivity index (χ1n) is 9.08. The van der Waals surface area contributed by atoms with Crippen molar-refractivity contribution in [1.29, 1.82) is 0 Å². The van der Waals surface area contributed by atoms with Crippen molar-refractivity contribution in [2.75, 3.05) is 10.6 Å². The number of hydrogen-bond donors (Lipinski definition) is 2. The third-order valence-electron chi connectivity index (χ3n) is 4.25. The number of carbonyl (C=O) groups excluding carboxylic acids is 2. The molecule has 29 heavy (non-hydrogen) atoms. The molecule has 0 aliphatic carbocycles. The van der Waals surface area contributed by atoms with E-state index in [-0.39, 0.29) is 24.2 Å². The summed E-state index contributed by atoms with van der Waals surface area (Å²) in [5.41, 5.74) is 3.24. The maximum Gasteiger partial charge on any atom is 0.259 e. The molecule has 148 valence electrons. The molecule has 2 amide bonds. The maximum absolute atomic E-state index is 13.0. The van der Waals surface area contributed by atoms with Crippen molar-refractivity contribution < 1.29 is 18.7 Å². The van der Waals surface area contributed by atoms with Crippen LogP contribution in [0.3, 0.4) is 0 Å². The third-order valence-corrected chi connectivity index (χ3v) is 4.25. The van der Waals surface area contributed by atoms with Gasteiger partial charge >= 0.3 is 0 Å². The lowest BCUT2D eigenvalue weighted by Gasteiger charge is -2.13. The van der Waals surface area contributed by atoms with Crippen LogP contribution in [-0.4, -0.2) is 11.8 Å². The van der Waals surface area contributed by atoms with Crippen molar-refractivity contribution >= 4 is 23.2 Å². The fourth-order valence-corrected chi connectivity index (χ4v) is 2.74. The number of aryl methyl sites for hydroxylation is 1. The Morgan fingerprint density at radius 3 is 2.41 bits per heavy atom. The third kappa shape index (κ3) is 5.42. The fourth-order valence-electron chi connectivity index (χ4n) is 2.74. The number of benzene rings is 3. The monoisotopic (exact) mass is 392 g/mol. The summed E-state index contributed by atoms with van der Waals surface area (Å²) in [5, 5.41) is 5.56. The van der Waals surface area contributed by atoms with Gasteiger partial charge in [-0.15, -0.1) is 0 Å². The number of carbonyl (C=O) groups is 2. The Labute approximate surface area is 168 Å². The lowest BCUT2D eigenvalue weighted by molar-refractivity contribution is -0.114. The molecule has 3 aromatic rings. The zero-order valence-electron chi connectivity index (χ0n) is 16.2. The Morgan fingerprint density at radius 2 is 1.69 bits per heavy atom. The number of rotatable bonds is 6. The van der Waals surface area contributed by atoms with Crippen LogP contribution >= 0.6 is 0 Å². The van der Waals surface area contributed by atoms with Crippen LogP contribution in [0.4, 0.5) is 15.8 Å². The van der Waals surface area contributed by atoms with Gasteiger partial charge in [0, 0.05) is 18.3 Å². The normalized spacial score (nSPS) is 10.3. The van der Waals surface area contributed by atoms with Crippen LogP contribution in [-0.2, 0) is 11.4 Å². The zero-order chi connectivity index (χ0) is 20.8. The second-order valence-corrected chi connectivity index (χ2v) is 6.58. The molecule has 2 N–H and O–H groups in total. The molecule has 0 heterocycles. The van der Waals surface area contributed by atoms with E-state index in [1.807, 2.05) is 13.0 Å². The molecular formula is C23H21FN2O3. The van der Waals surface area contributed by atoms with Gasteiger partial charge in [-0.05, 0) is 54.4 Å². The summed E-state index contributed by atoms with van der Waals surface area (Å²) in [6.07, 6.45) is 0. The van der Waals surface area contributed by atoms with E-state index in [0.717, 1.165) is 11.1 Å². The van der Waals surface area contributed by atoms with Gasteiger partial charge in [-0.25, -0.2) is 4.39 Å². The predicted molar refractivity (Wildman–Crippen MR) is 111 cm³/mol. The second kappa shape index (κ2) is 9.01. The Kier molecular flexibility index (Phi) is 6.24. The van der Waals surface area contributed by atoms with Gasteiger partial charge in [0.05, 0.1) is 5.56 Å². The Morgan fingerprint density at radius 1 is 0.966 bits per heavy atom. The molecule has 0 radical (unpaired) electrons. The van der Waals surface area contributed by atoms with E-state index in [1.165, 1.54) is 19.1 Å². The largest absolute Gasteiger partial charge is 0.488 e. The number of para-hydroxylation sites is 1. The number of anilines is 2. The molecule has 0 aliphatic rings. The average molecular weight is 392 g/mol. The first kappa shape index (κ1) is 20.1. The number of hydrogen-bond acceptors (Lipinski definition) is 3. The van der Waals surface area contributed by atoms with E-state index >= 15 is 0 Å². The van der Waals surface area contributed by atoms with Crippen LogP contribution < -0.4 is 15.4 Å². The molecule has 0 fully saturated rings. The van der Waals surface area contributed by atoms with Crippen LogP contribution in [0.15, 0.2) is 66.7 Å². The van der Waals surface area contributed by atoms with E-state index in [0.29, 0.717) is 22.7 Å². The first-order chi connectivity index (χ1) is 13.9. The Hall–Kier alpha value is -3.67. The highest BCUT2D eigenvalue weighted by atomic mass is 19.1. The van der Waals surface area contributed by atoms with Crippen molar-refractivity contribution in [3.8, 4) is 5.75 Å². The second-order valence-electron chi connectivity index (χ2n) is 6.58. The topological polar surface area (TPSA) is 67.4 Å². The molecule has 3 aromatic carbocycles. The van der Waals surface area contributed by atoms with Crippen molar-refractivity contribution in [2.24, 2.45) is 0 Å². The molecule has 0 saturated heterocycles.